The van der Waals surface area contributed by atoms with E-state index >= 15 is 0 Å². The molecule has 8 rings (SSSR count). The molecule has 0 fully saturated rings. The van der Waals surface area contributed by atoms with Gasteiger partial charge in [-0.25, -0.2) is 4.98 Å². The zero-order valence-electron chi connectivity index (χ0n) is 20.9. The zero-order valence-corrected chi connectivity index (χ0v) is 22.6. The van der Waals surface area contributed by atoms with E-state index in [2.05, 4.69) is 119 Å². The lowest BCUT2D eigenvalue weighted by Crippen LogP contribution is -2.25. The fourth-order valence-electron chi connectivity index (χ4n) is 5.85. The van der Waals surface area contributed by atoms with E-state index in [0.717, 1.165) is 43.5 Å². The second-order valence-electron chi connectivity index (χ2n) is 9.86. The molecule has 3 heterocycles. The highest BCUT2D eigenvalue weighted by Gasteiger charge is 2.27. The van der Waals surface area contributed by atoms with Gasteiger partial charge in [0.15, 0.2) is 0 Å². The summed E-state index contributed by atoms with van der Waals surface area (Å²) in [6.45, 7) is 0. The van der Waals surface area contributed by atoms with E-state index in [4.69, 9.17) is 16.8 Å². The van der Waals surface area contributed by atoms with Crippen molar-refractivity contribution in [3.05, 3.63) is 134 Å². The lowest BCUT2D eigenvalue weighted by Gasteiger charge is -2.25. The lowest BCUT2D eigenvalue weighted by molar-refractivity contribution is 1.32. The maximum absolute atomic E-state index is 6.75. The van der Waals surface area contributed by atoms with Gasteiger partial charge >= 0.3 is 0 Å². The van der Waals surface area contributed by atoms with Crippen molar-refractivity contribution >= 4 is 82.9 Å². The first-order chi connectivity index (χ1) is 19.2. The number of pyridine rings is 2. The summed E-state index contributed by atoms with van der Waals surface area (Å²) in [5.74, 6) is 0. The topological polar surface area (TPSA) is 30.2 Å². The summed E-state index contributed by atoms with van der Waals surface area (Å²) in [6, 6.07) is 40.5. The summed E-state index contributed by atoms with van der Waals surface area (Å²) >= 11 is 6.75. The third kappa shape index (κ3) is 3.32. The molecular weight excluding hydrogens is 513 g/mol. The Bertz CT molecular complexity index is 2270. The molecule has 3 nitrogen and oxygen atoms in total. The van der Waals surface area contributed by atoms with Crippen LogP contribution < -0.4 is 15.9 Å². The van der Waals surface area contributed by atoms with E-state index in [-0.39, 0.29) is 0 Å². The molecule has 0 aliphatic carbocycles. The maximum atomic E-state index is 6.75. The summed E-state index contributed by atoms with van der Waals surface area (Å²) in [5, 5.41) is 9.29. The molecule has 1 unspecified atom stereocenters. The second-order valence-corrected chi connectivity index (χ2v) is 14.3. The van der Waals surface area contributed by atoms with Crippen molar-refractivity contribution in [2.75, 3.05) is 0 Å². The van der Waals surface area contributed by atoms with Crippen LogP contribution in [0.2, 0.25) is 0 Å². The molecule has 0 saturated heterocycles. The molecule has 39 heavy (non-hydrogen) atoms. The summed E-state index contributed by atoms with van der Waals surface area (Å²) in [6.07, 6.45) is 3.76. The predicted octanol–water partition coefficient (Wildman–Crippen LogP) is 7.10. The summed E-state index contributed by atoms with van der Waals surface area (Å²) in [4.78, 5) is 9.62. The largest absolute Gasteiger partial charge is 0.292 e. The lowest BCUT2D eigenvalue weighted by atomic mass is 10.1. The van der Waals surface area contributed by atoms with Crippen LogP contribution >= 0.6 is 6.04 Å². The first-order valence-electron chi connectivity index (χ1n) is 12.9. The first-order valence-corrected chi connectivity index (χ1v) is 15.7. The van der Waals surface area contributed by atoms with Crippen LogP contribution in [-0.4, -0.2) is 14.4 Å². The van der Waals surface area contributed by atoms with Crippen LogP contribution in [0.4, 0.5) is 0 Å². The number of fused-ring (bicyclic) bond motifs is 9. The van der Waals surface area contributed by atoms with Gasteiger partial charge in [-0.3, -0.25) is 9.38 Å². The van der Waals surface area contributed by atoms with E-state index in [1.165, 1.54) is 21.5 Å². The standard InChI is InChI=1S/C34H22N3PS/c39-38(27-10-7-19-35-22-27,25-16-15-23-8-1-2-9-24(23)20-25)26-17-18-28-29-11-3-5-13-32(29)37-33-14-6-4-12-31(33)36-34(37)30(28)21-26/h1-22H. The van der Waals surface area contributed by atoms with Gasteiger partial charge in [0.25, 0.3) is 0 Å². The van der Waals surface area contributed by atoms with Crippen LogP contribution in [0.3, 0.4) is 0 Å². The van der Waals surface area contributed by atoms with Gasteiger partial charge in [0.2, 0.25) is 0 Å². The first kappa shape index (κ1) is 22.6. The molecule has 0 radical (unpaired) electrons. The Labute approximate surface area is 230 Å². The molecule has 0 amide bonds. The normalized spacial score (nSPS) is 13.4. The van der Waals surface area contributed by atoms with Crippen LogP contribution in [0, 0.1) is 0 Å². The van der Waals surface area contributed by atoms with Crippen molar-refractivity contribution < 1.29 is 0 Å². The number of imidazole rings is 1. The smallest absolute Gasteiger partial charge is 0.146 e. The monoisotopic (exact) mass is 535 g/mol. The van der Waals surface area contributed by atoms with Crippen LogP contribution in [0.25, 0.3) is 49.1 Å². The highest BCUT2D eigenvalue weighted by atomic mass is 32.4. The van der Waals surface area contributed by atoms with Crippen molar-refractivity contribution in [2.45, 2.75) is 0 Å². The van der Waals surface area contributed by atoms with Crippen molar-refractivity contribution in [1.29, 1.82) is 0 Å². The Morgan fingerprint density at radius 2 is 1.31 bits per heavy atom. The molecule has 0 spiro atoms. The Morgan fingerprint density at radius 3 is 2.18 bits per heavy atom. The predicted molar refractivity (Wildman–Crippen MR) is 169 cm³/mol. The van der Waals surface area contributed by atoms with Gasteiger partial charge in [0.1, 0.15) is 5.65 Å². The molecule has 5 aromatic carbocycles. The van der Waals surface area contributed by atoms with E-state index in [9.17, 15) is 0 Å². The Kier molecular flexibility index (Phi) is 4.97. The number of hydrogen-bond acceptors (Lipinski definition) is 3. The van der Waals surface area contributed by atoms with Gasteiger partial charge in [-0.1, -0.05) is 96.7 Å². The Balaban J connectivity index is 1.49. The molecule has 0 bridgehead atoms. The third-order valence-corrected chi connectivity index (χ3v) is 12.6. The number of benzene rings is 5. The second kappa shape index (κ2) is 8.57. The highest BCUT2D eigenvalue weighted by Crippen LogP contribution is 2.44. The number of rotatable bonds is 3. The minimum absolute atomic E-state index is 0.956. The SMILES string of the molecule is S=P(c1cccnc1)(c1ccc2ccccc2c1)c1ccc2c3ccccc3n3c4ccccc4nc3c2c1. The van der Waals surface area contributed by atoms with E-state index in [1.807, 2.05) is 24.5 Å². The highest BCUT2D eigenvalue weighted by molar-refractivity contribution is 8.25. The summed E-state index contributed by atoms with van der Waals surface area (Å²) < 4.78 is 2.29. The van der Waals surface area contributed by atoms with Gasteiger partial charge in [-0.2, -0.15) is 0 Å². The number of hydrogen-bond donors (Lipinski definition) is 0. The average molecular weight is 536 g/mol. The molecule has 0 N–H and O–H groups in total. The van der Waals surface area contributed by atoms with Crippen LogP contribution in [0.5, 0.6) is 0 Å². The van der Waals surface area contributed by atoms with Gasteiger partial charge < -0.3 is 0 Å². The molecular formula is C34H22N3PS. The molecule has 1 atom stereocenters. The van der Waals surface area contributed by atoms with Crippen molar-refractivity contribution in [1.82, 2.24) is 14.4 Å². The molecule has 3 aromatic heterocycles. The van der Waals surface area contributed by atoms with Crippen molar-refractivity contribution in [3.8, 4) is 0 Å². The Hall–Kier alpha value is -4.37. The van der Waals surface area contributed by atoms with Crippen molar-refractivity contribution in [2.24, 2.45) is 0 Å². The van der Waals surface area contributed by atoms with E-state index in [1.54, 1.807) is 0 Å². The average Bonchev–Trinajstić information content (AvgIpc) is 3.41. The fraction of sp³-hybridized carbons (Fsp3) is 0. The van der Waals surface area contributed by atoms with Crippen molar-refractivity contribution in [3.63, 3.8) is 0 Å². The van der Waals surface area contributed by atoms with Gasteiger partial charge in [-0.05, 0) is 63.2 Å². The molecule has 8 aromatic rings. The summed E-state index contributed by atoms with van der Waals surface area (Å²) in [5.41, 5.74) is 4.21. The number of aromatic nitrogens is 3. The quantitative estimate of drug-likeness (QED) is 0.179. The number of para-hydroxylation sites is 3. The van der Waals surface area contributed by atoms with E-state index < -0.39 is 6.04 Å². The van der Waals surface area contributed by atoms with E-state index in [0.29, 0.717) is 0 Å². The summed E-state index contributed by atoms with van der Waals surface area (Å²) in [7, 11) is 0. The molecule has 5 heteroatoms. The fourth-order valence-corrected chi connectivity index (χ4v) is 9.48. The molecule has 184 valence electrons. The molecule has 0 aliphatic heterocycles. The maximum Gasteiger partial charge on any atom is 0.146 e. The van der Waals surface area contributed by atoms with Crippen LogP contribution in [0.15, 0.2) is 134 Å². The zero-order chi connectivity index (χ0) is 26.0. The molecule has 0 saturated carbocycles. The van der Waals surface area contributed by atoms with Gasteiger partial charge in [0, 0.05) is 34.5 Å². The minimum Gasteiger partial charge on any atom is -0.292 e. The Morgan fingerprint density at radius 1 is 0.564 bits per heavy atom. The number of nitrogens with zero attached hydrogens (tertiary/aromatic N) is 3. The molecule has 0 aliphatic rings. The van der Waals surface area contributed by atoms with Crippen LogP contribution in [-0.2, 0) is 11.8 Å². The minimum atomic E-state index is -2.42. The van der Waals surface area contributed by atoms with Crippen LogP contribution in [0.1, 0.15) is 0 Å². The van der Waals surface area contributed by atoms with Gasteiger partial charge in [0.05, 0.1) is 16.6 Å². The van der Waals surface area contributed by atoms with Gasteiger partial charge in [-0.15, -0.1) is 0 Å². The third-order valence-electron chi connectivity index (χ3n) is 7.71.